The first kappa shape index (κ1) is 18.6. The number of rotatable bonds is 2. The van der Waals surface area contributed by atoms with Crippen LogP contribution >= 0.6 is 28.7 Å². The predicted molar refractivity (Wildman–Crippen MR) is 80.1 cm³/mol. The van der Waals surface area contributed by atoms with Crippen LogP contribution in [0.1, 0.15) is 11.3 Å². The van der Waals surface area contributed by atoms with Gasteiger partial charge in [-0.05, 0) is 28.1 Å². The van der Waals surface area contributed by atoms with Gasteiger partial charge in [0.25, 0.3) is 5.56 Å². The van der Waals surface area contributed by atoms with Gasteiger partial charge in [0.1, 0.15) is 6.33 Å². The summed E-state index contributed by atoms with van der Waals surface area (Å²) in [5.41, 5.74) is -3.98. The number of thiol groups is 1. The first-order chi connectivity index (χ1) is 10.9. The van der Waals surface area contributed by atoms with Gasteiger partial charge in [-0.2, -0.15) is 26.3 Å². The number of halogens is 7. The Hall–Kier alpha value is -1.69. The Morgan fingerprint density at radius 2 is 1.71 bits per heavy atom. The fourth-order valence-corrected chi connectivity index (χ4v) is 2.64. The highest BCUT2D eigenvalue weighted by molar-refractivity contribution is 9.10. The van der Waals surface area contributed by atoms with E-state index in [2.05, 4.69) is 38.5 Å². The molecule has 0 saturated heterocycles. The van der Waals surface area contributed by atoms with Gasteiger partial charge in [-0.15, -0.1) is 0 Å². The van der Waals surface area contributed by atoms with Crippen molar-refractivity contribution in [1.29, 1.82) is 0 Å². The lowest BCUT2D eigenvalue weighted by molar-refractivity contribution is -0.141. The number of nitrogens with zero attached hydrogens (tertiary/aromatic N) is 2. The predicted octanol–water partition coefficient (Wildman–Crippen LogP) is 4.29. The van der Waals surface area contributed by atoms with Crippen molar-refractivity contribution in [2.75, 3.05) is 4.72 Å². The van der Waals surface area contributed by atoms with Crippen molar-refractivity contribution in [3.63, 3.8) is 0 Å². The minimum absolute atomic E-state index is 0.163. The average Bonchev–Trinajstić information content (AvgIpc) is 2.45. The molecule has 0 atom stereocenters. The quantitative estimate of drug-likeness (QED) is 0.548. The lowest BCUT2D eigenvalue weighted by Crippen LogP contribution is -2.23. The van der Waals surface area contributed by atoms with Crippen LogP contribution in [0, 0.1) is 0 Å². The van der Waals surface area contributed by atoms with E-state index in [1.165, 1.54) is 0 Å². The van der Waals surface area contributed by atoms with Crippen molar-refractivity contribution in [1.82, 2.24) is 9.55 Å². The Morgan fingerprint density at radius 3 is 2.17 bits per heavy atom. The molecule has 12 heteroatoms. The maximum Gasteiger partial charge on any atom is 0.433 e. The summed E-state index contributed by atoms with van der Waals surface area (Å²) in [5.74, 6) is 0. The average molecular weight is 434 g/mol. The Bertz CT molecular complexity index is 833. The summed E-state index contributed by atoms with van der Waals surface area (Å²) in [4.78, 5) is 15.0. The highest BCUT2D eigenvalue weighted by atomic mass is 79.9. The first-order valence-electron chi connectivity index (χ1n) is 5.92. The van der Waals surface area contributed by atoms with E-state index in [9.17, 15) is 31.1 Å². The molecule has 0 aliphatic heterocycles. The molecule has 1 heterocycles. The van der Waals surface area contributed by atoms with Gasteiger partial charge >= 0.3 is 12.4 Å². The highest BCUT2D eigenvalue weighted by Gasteiger charge is 2.34. The molecule has 0 fully saturated rings. The summed E-state index contributed by atoms with van der Waals surface area (Å²) in [7, 11) is 0. The van der Waals surface area contributed by atoms with Gasteiger partial charge in [0.15, 0.2) is 5.69 Å². The van der Waals surface area contributed by atoms with E-state index < -0.39 is 29.2 Å². The van der Waals surface area contributed by atoms with E-state index in [0.29, 0.717) is 23.0 Å². The smallest absolute Gasteiger partial charge is 0.331 e. The molecule has 4 nitrogen and oxygen atoms in total. The lowest BCUT2D eigenvalue weighted by Gasteiger charge is -2.16. The maximum absolute atomic E-state index is 12.8. The number of nitrogens with one attached hydrogen (secondary N) is 1. The van der Waals surface area contributed by atoms with E-state index in [1.54, 1.807) is 0 Å². The summed E-state index contributed by atoms with van der Waals surface area (Å²) >= 11 is 6.54. The Balaban J connectivity index is 2.67. The number of anilines is 1. The minimum Gasteiger partial charge on any atom is -0.331 e. The lowest BCUT2D eigenvalue weighted by atomic mass is 10.1. The van der Waals surface area contributed by atoms with Crippen LogP contribution in [0.3, 0.4) is 0 Å². The van der Waals surface area contributed by atoms with Gasteiger partial charge < -0.3 is 4.72 Å². The van der Waals surface area contributed by atoms with Crippen LogP contribution < -0.4 is 10.3 Å². The van der Waals surface area contributed by atoms with Crippen LogP contribution in [0.5, 0.6) is 0 Å². The molecule has 0 aliphatic carbocycles. The van der Waals surface area contributed by atoms with Crippen LogP contribution in [0.25, 0.3) is 5.69 Å². The molecular formula is C12H6BrF6N3OS. The summed E-state index contributed by atoms with van der Waals surface area (Å²) in [6.07, 6.45) is -8.91. The van der Waals surface area contributed by atoms with Crippen LogP contribution in [-0.4, -0.2) is 9.55 Å². The molecule has 2 aromatic rings. The normalized spacial score (nSPS) is 12.3. The van der Waals surface area contributed by atoms with E-state index >= 15 is 0 Å². The minimum atomic E-state index is -4.82. The summed E-state index contributed by atoms with van der Waals surface area (Å²) < 4.78 is 78.7. The van der Waals surface area contributed by atoms with Gasteiger partial charge in [0, 0.05) is 10.5 Å². The molecular weight excluding hydrogens is 428 g/mol. The van der Waals surface area contributed by atoms with E-state index in [0.717, 1.165) is 0 Å². The van der Waals surface area contributed by atoms with Crippen molar-refractivity contribution in [3.05, 3.63) is 50.6 Å². The SMILES string of the molecule is O=c1cc(C(F)(F)F)ncn1-c1c(Br)cc(C(F)(F)F)cc1NS. The second-order valence-electron chi connectivity index (χ2n) is 4.44. The molecule has 24 heavy (non-hydrogen) atoms. The van der Waals surface area contributed by atoms with E-state index in [-0.39, 0.29) is 21.9 Å². The van der Waals surface area contributed by atoms with Crippen molar-refractivity contribution < 1.29 is 26.3 Å². The number of benzene rings is 1. The topological polar surface area (TPSA) is 46.9 Å². The standard InChI is InChI=1S/C12H6BrF6N3OS/c13-6-1-5(11(14,15)16)2-7(21-24)10(6)22-4-20-8(3-9(22)23)12(17,18)19/h1-4,21,24H. The number of hydrogen-bond acceptors (Lipinski definition) is 4. The zero-order chi connectivity index (χ0) is 18.3. The summed E-state index contributed by atoms with van der Waals surface area (Å²) in [6, 6.07) is 1.59. The van der Waals surface area contributed by atoms with Gasteiger partial charge in [-0.25, -0.2) is 4.98 Å². The van der Waals surface area contributed by atoms with Crippen molar-refractivity contribution in [3.8, 4) is 5.69 Å². The van der Waals surface area contributed by atoms with Gasteiger partial charge in [0.2, 0.25) is 0 Å². The zero-order valence-electron chi connectivity index (χ0n) is 11.2. The Kier molecular flexibility index (Phi) is 4.91. The largest absolute Gasteiger partial charge is 0.433 e. The van der Waals surface area contributed by atoms with Crippen LogP contribution in [-0.2, 0) is 12.4 Å². The molecule has 130 valence electrons. The number of aromatic nitrogens is 2. The number of alkyl halides is 6. The van der Waals surface area contributed by atoms with E-state index in [4.69, 9.17) is 0 Å². The first-order valence-corrected chi connectivity index (χ1v) is 7.16. The van der Waals surface area contributed by atoms with Gasteiger partial charge in [0.05, 0.1) is 16.9 Å². The van der Waals surface area contributed by atoms with Crippen molar-refractivity contribution >= 4 is 34.4 Å². The monoisotopic (exact) mass is 433 g/mol. The van der Waals surface area contributed by atoms with Gasteiger partial charge in [-0.1, -0.05) is 12.8 Å². The molecule has 1 aromatic heterocycles. The third-order valence-corrected chi connectivity index (χ3v) is 3.70. The fourth-order valence-electron chi connectivity index (χ4n) is 1.82. The summed E-state index contributed by atoms with van der Waals surface area (Å²) in [6.45, 7) is 0. The molecule has 0 amide bonds. The van der Waals surface area contributed by atoms with E-state index in [1.807, 2.05) is 0 Å². The molecule has 0 aliphatic rings. The summed E-state index contributed by atoms with van der Waals surface area (Å²) in [5, 5.41) is 0. The maximum atomic E-state index is 12.8. The molecule has 0 saturated carbocycles. The molecule has 0 bridgehead atoms. The van der Waals surface area contributed by atoms with Crippen LogP contribution in [0.15, 0.2) is 33.8 Å². The zero-order valence-corrected chi connectivity index (χ0v) is 13.7. The second-order valence-corrected chi connectivity index (χ2v) is 5.52. The molecule has 1 N–H and O–H groups in total. The third-order valence-electron chi connectivity index (χ3n) is 2.85. The Labute approximate surface area is 144 Å². The van der Waals surface area contributed by atoms with Crippen LogP contribution in [0.2, 0.25) is 0 Å². The van der Waals surface area contributed by atoms with Crippen LogP contribution in [0.4, 0.5) is 32.0 Å². The van der Waals surface area contributed by atoms with Gasteiger partial charge in [-0.3, -0.25) is 9.36 Å². The second kappa shape index (κ2) is 6.31. The molecule has 1 aromatic carbocycles. The molecule has 2 rings (SSSR count). The fraction of sp³-hybridized carbons (Fsp3) is 0.167. The highest BCUT2D eigenvalue weighted by Crippen LogP contribution is 2.38. The molecule has 0 unspecified atom stereocenters. The number of hydrogen-bond donors (Lipinski definition) is 2. The van der Waals surface area contributed by atoms with Crippen molar-refractivity contribution in [2.45, 2.75) is 12.4 Å². The molecule has 0 spiro atoms. The molecule has 0 radical (unpaired) electrons. The van der Waals surface area contributed by atoms with Crippen molar-refractivity contribution in [2.24, 2.45) is 0 Å². The Morgan fingerprint density at radius 1 is 1.08 bits per heavy atom. The third kappa shape index (κ3) is 3.69.